The highest BCUT2D eigenvalue weighted by atomic mass is 19.1. The van der Waals surface area contributed by atoms with Gasteiger partial charge in [0.05, 0.1) is 5.52 Å². The van der Waals surface area contributed by atoms with Gasteiger partial charge < -0.3 is 19.8 Å². The molecule has 1 aliphatic heterocycles. The number of halogens is 1. The second-order valence-electron chi connectivity index (χ2n) is 6.76. The van der Waals surface area contributed by atoms with Gasteiger partial charge in [0.1, 0.15) is 17.0 Å². The van der Waals surface area contributed by atoms with Crippen molar-refractivity contribution < 1.29 is 18.7 Å². The normalized spacial score (nSPS) is 12.2. The zero-order valence-electron chi connectivity index (χ0n) is 16.4. The first-order valence-corrected chi connectivity index (χ1v) is 9.58. The van der Waals surface area contributed by atoms with E-state index in [4.69, 9.17) is 9.47 Å². The van der Waals surface area contributed by atoms with Gasteiger partial charge in [0, 0.05) is 30.1 Å². The van der Waals surface area contributed by atoms with Crippen molar-refractivity contribution >= 4 is 23.0 Å². The van der Waals surface area contributed by atoms with Crippen molar-refractivity contribution in [2.45, 2.75) is 6.92 Å². The lowest BCUT2D eigenvalue weighted by Crippen LogP contribution is -2.28. The Morgan fingerprint density at radius 2 is 2.13 bits per heavy atom. The van der Waals surface area contributed by atoms with Crippen molar-refractivity contribution in [3.8, 4) is 34.0 Å². The van der Waals surface area contributed by atoms with E-state index in [-0.39, 0.29) is 18.4 Å². The van der Waals surface area contributed by atoms with Crippen molar-refractivity contribution in [2.24, 2.45) is 0 Å². The Hall–Kier alpha value is -4.21. The van der Waals surface area contributed by atoms with Crippen molar-refractivity contribution in [3.05, 3.63) is 48.5 Å². The van der Waals surface area contributed by atoms with Gasteiger partial charge in [0.15, 0.2) is 5.75 Å². The van der Waals surface area contributed by atoms with Crippen molar-refractivity contribution in [3.63, 3.8) is 0 Å². The molecule has 0 radical (unpaired) electrons. The topological polar surface area (TPSA) is 114 Å². The number of hydrogen-bond donors (Lipinski definition) is 3. The number of aromatic amines is 1. The van der Waals surface area contributed by atoms with Gasteiger partial charge in [-0.3, -0.25) is 10.3 Å². The molecule has 5 rings (SSSR count). The fraction of sp³-hybridized carbons (Fsp3) is 0.143. The first-order chi connectivity index (χ1) is 15.1. The van der Waals surface area contributed by atoms with Crippen LogP contribution >= 0.6 is 0 Å². The van der Waals surface area contributed by atoms with E-state index in [1.165, 1.54) is 18.3 Å². The number of imidazole rings is 1. The van der Waals surface area contributed by atoms with Gasteiger partial charge in [-0.1, -0.05) is 0 Å². The number of nitrogens with zero attached hydrogens (tertiary/aromatic N) is 3. The molecule has 0 saturated heterocycles. The number of nitrogens with one attached hydrogen (secondary N) is 3. The standard InChI is InChI=1S/C21H17FN6O3/c1-2-23-21(29)28-20-26-15-7-11(12-8-16-19(25-9-12)31-10-30-16)6-13(18(15)27-20)17-14(22)4-3-5-24-17/h3-9H,2,10H2,1H3,(H3,23,26,27,28,29). The van der Waals surface area contributed by atoms with Gasteiger partial charge in [0.2, 0.25) is 12.7 Å². The maximum atomic E-state index is 14.6. The minimum absolute atomic E-state index is 0.116. The zero-order chi connectivity index (χ0) is 21.4. The van der Waals surface area contributed by atoms with Gasteiger partial charge >= 0.3 is 6.03 Å². The van der Waals surface area contributed by atoms with Gasteiger partial charge in [-0.2, -0.15) is 0 Å². The summed E-state index contributed by atoms with van der Waals surface area (Å²) >= 11 is 0. The lowest BCUT2D eigenvalue weighted by atomic mass is 10.0. The molecule has 3 N–H and O–H groups in total. The Kier molecular flexibility index (Phi) is 4.58. The largest absolute Gasteiger partial charge is 0.452 e. The van der Waals surface area contributed by atoms with E-state index in [9.17, 15) is 9.18 Å². The average Bonchev–Trinajstić information content (AvgIpc) is 3.39. The number of rotatable bonds is 4. The van der Waals surface area contributed by atoms with Crippen LogP contribution in [0.4, 0.5) is 15.1 Å². The number of aromatic nitrogens is 4. The summed E-state index contributed by atoms with van der Waals surface area (Å²) < 4.78 is 25.3. The average molecular weight is 420 g/mol. The second-order valence-corrected chi connectivity index (χ2v) is 6.76. The van der Waals surface area contributed by atoms with Gasteiger partial charge in [0.25, 0.3) is 5.88 Å². The van der Waals surface area contributed by atoms with Crippen LogP contribution in [0.1, 0.15) is 6.92 Å². The number of amides is 2. The molecule has 0 fully saturated rings. The van der Waals surface area contributed by atoms with Crippen LogP contribution in [0, 0.1) is 5.82 Å². The SMILES string of the molecule is CCNC(=O)Nc1nc2c(-c3ncccc3F)cc(-c3cnc4c(c3)OCO4)cc2[nH]1. The molecular weight excluding hydrogens is 403 g/mol. The lowest BCUT2D eigenvalue weighted by Gasteiger charge is -2.08. The first-order valence-electron chi connectivity index (χ1n) is 9.58. The van der Waals surface area contributed by atoms with E-state index >= 15 is 0 Å². The highest BCUT2D eigenvalue weighted by Crippen LogP contribution is 2.37. The third-order valence-electron chi connectivity index (χ3n) is 4.73. The van der Waals surface area contributed by atoms with E-state index in [2.05, 4.69) is 30.6 Å². The monoisotopic (exact) mass is 420 g/mol. The molecule has 1 aromatic carbocycles. The molecule has 0 saturated carbocycles. The number of anilines is 1. The van der Waals surface area contributed by atoms with Crippen LogP contribution in [-0.2, 0) is 0 Å². The molecule has 4 aromatic rings. The predicted molar refractivity (Wildman–Crippen MR) is 111 cm³/mol. The molecule has 0 spiro atoms. The number of carbonyl (C=O) groups is 1. The summed E-state index contributed by atoms with van der Waals surface area (Å²) in [6.45, 7) is 2.40. The van der Waals surface area contributed by atoms with Crippen molar-refractivity contribution in [1.29, 1.82) is 0 Å². The molecule has 156 valence electrons. The Labute approximate surface area is 175 Å². The fourth-order valence-corrected chi connectivity index (χ4v) is 3.37. The van der Waals surface area contributed by atoms with E-state index in [1.807, 2.05) is 13.0 Å². The molecular formula is C21H17FN6O3. The quantitative estimate of drug-likeness (QED) is 0.464. The fourth-order valence-electron chi connectivity index (χ4n) is 3.37. The third-order valence-corrected chi connectivity index (χ3v) is 4.73. The van der Waals surface area contributed by atoms with Crippen molar-refractivity contribution in [1.82, 2.24) is 25.3 Å². The number of fused-ring (bicyclic) bond motifs is 2. The number of pyridine rings is 2. The Morgan fingerprint density at radius 1 is 1.23 bits per heavy atom. The number of benzene rings is 1. The van der Waals surface area contributed by atoms with Crippen LogP contribution in [0.25, 0.3) is 33.4 Å². The van der Waals surface area contributed by atoms with E-state index in [0.29, 0.717) is 34.8 Å². The molecule has 9 nitrogen and oxygen atoms in total. The van der Waals surface area contributed by atoms with Crippen LogP contribution in [0.5, 0.6) is 11.6 Å². The molecule has 1 aliphatic rings. The van der Waals surface area contributed by atoms with E-state index < -0.39 is 11.8 Å². The summed E-state index contributed by atoms with van der Waals surface area (Å²) in [7, 11) is 0. The molecule has 3 aromatic heterocycles. The number of H-pyrrole nitrogens is 1. The smallest absolute Gasteiger partial charge is 0.321 e. The highest BCUT2D eigenvalue weighted by Gasteiger charge is 2.19. The van der Waals surface area contributed by atoms with Crippen LogP contribution in [0.15, 0.2) is 42.7 Å². The number of urea groups is 1. The summed E-state index contributed by atoms with van der Waals surface area (Å²) in [4.78, 5) is 27.9. The number of ether oxygens (including phenoxy) is 2. The lowest BCUT2D eigenvalue weighted by molar-refractivity contribution is 0.171. The predicted octanol–water partition coefficient (Wildman–Crippen LogP) is 3.70. The zero-order valence-corrected chi connectivity index (χ0v) is 16.4. The molecule has 2 amide bonds. The first kappa shape index (κ1) is 18.8. The number of carbonyl (C=O) groups excluding carboxylic acids is 1. The van der Waals surface area contributed by atoms with Crippen LogP contribution in [0.3, 0.4) is 0 Å². The molecule has 0 atom stereocenters. The molecule has 31 heavy (non-hydrogen) atoms. The summed E-state index contributed by atoms with van der Waals surface area (Å²) in [5.41, 5.74) is 3.19. The van der Waals surface area contributed by atoms with Gasteiger partial charge in [-0.05, 0) is 42.8 Å². The molecule has 4 heterocycles. The van der Waals surface area contributed by atoms with Crippen LogP contribution in [-0.4, -0.2) is 39.3 Å². The van der Waals surface area contributed by atoms with E-state index in [1.54, 1.807) is 18.3 Å². The summed E-state index contributed by atoms with van der Waals surface area (Å²) in [5, 5.41) is 5.28. The minimum atomic E-state index is -0.481. The highest BCUT2D eigenvalue weighted by molar-refractivity contribution is 5.98. The molecule has 0 bridgehead atoms. The van der Waals surface area contributed by atoms with Crippen LogP contribution < -0.4 is 20.1 Å². The Morgan fingerprint density at radius 3 is 2.97 bits per heavy atom. The second kappa shape index (κ2) is 7.56. The van der Waals surface area contributed by atoms with Crippen LogP contribution in [0.2, 0.25) is 0 Å². The Balaban J connectivity index is 1.67. The van der Waals surface area contributed by atoms with Crippen molar-refractivity contribution in [2.75, 3.05) is 18.7 Å². The number of hydrogen-bond acceptors (Lipinski definition) is 6. The molecule has 0 aliphatic carbocycles. The molecule has 10 heteroatoms. The van der Waals surface area contributed by atoms with E-state index in [0.717, 1.165) is 11.1 Å². The van der Waals surface area contributed by atoms with Gasteiger partial charge in [-0.15, -0.1) is 0 Å². The minimum Gasteiger partial charge on any atom is -0.452 e. The Bertz CT molecular complexity index is 1310. The van der Waals surface area contributed by atoms with Gasteiger partial charge in [-0.25, -0.2) is 19.2 Å². The third kappa shape index (κ3) is 3.48. The maximum absolute atomic E-state index is 14.6. The summed E-state index contributed by atoms with van der Waals surface area (Å²) in [6.07, 6.45) is 3.16. The molecule has 0 unspecified atom stereocenters. The maximum Gasteiger partial charge on any atom is 0.321 e. The summed E-state index contributed by atoms with van der Waals surface area (Å²) in [6, 6.07) is 7.89. The summed E-state index contributed by atoms with van der Waals surface area (Å²) in [5.74, 6) is 0.715.